The van der Waals surface area contributed by atoms with Crippen LogP contribution in [0.15, 0.2) is 0 Å². The van der Waals surface area contributed by atoms with Crippen molar-refractivity contribution in [3.8, 4) is 0 Å². The minimum Gasteiger partial charge on any atom is -0.778 e. The Morgan fingerprint density at radius 2 is 1.29 bits per heavy atom. The van der Waals surface area contributed by atoms with E-state index in [2.05, 4.69) is 4.52 Å². The molecule has 1 atom stereocenters. The van der Waals surface area contributed by atoms with Crippen LogP contribution in [-0.2, 0) is 22.7 Å². The second-order valence-corrected chi connectivity index (χ2v) is 7.03. The van der Waals surface area contributed by atoms with Crippen LogP contribution < -0.4 is 23.8 Å². The van der Waals surface area contributed by atoms with Crippen LogP contribution in [0.25, 0.3) is 0 Å². The van der Waals surface area contributed by atoms with E-state index >= 15 is 0 Å². The predicted molar refractivity (Wildman–Crippen MR) is 59.8 cm³/mol. The molecule has 0 heterocycles. The number of rotatable bonds is 9. The monoisotopic (exact) mass is 280 g/mol. The molecule has 0 aromatic carbocycles. The summed E-state index contributed by atoms with van der Waals surface area (Å²) >= 11 is 0. The van der Waals surface area contributed by atoms with Gasteiger partial charge in [-0.15, -0.1) is 0 Å². The van der Waals surface area contributed by atoms with Crippen molar-refractivity contribution in [3.05, 3.63) is 0 Å². The molecule has 0 aromatic heterocycles. The minimum absolute atomic E-state index is 0. The molecule has 0 saturated heterocycles. The van der Waals surface area contributed by atoms with Gasteiger partial charge in [0.15, 0.2) is 0 Å². The maximum atomic E-state index is 11.9. The first-order chi connectivity index (χ1) is 7.39. The third kappa shape index (κ3) is 9.47. The molecular weight excluding hydrogens is 261 g/mol. The second kappa shape index (κ2) is 9.78. The standard InChI is InChI=1S/C8H20O6P2.Li/c1-4-12-15(9,10)7-8-16(11,13-5-2)14-6-3;/h4-8H2,1-3H3,(H,9,10);/q;+1/p-1. The second-order valence-electron chi connectivity index (χ2n) is 2.92. The van der Waals surface area contributed by atoms with Crippen molar-refractivity contribution in [1.82, 2.24) is 0 Å². The fourth-order valence-corrected chi connectivity index (χ4v) is 4.67. The molecule has 0 amide bonds. The molecular formula is C8H19LiO6P2. The van der Waals surface area contributed by atoms with E-state index in [0.717, 1.165) is 0 Å². The number of hydrogen-bond donors (Lipinski definition) is 0. The molecule has 6 nitrogen and oxygen atoms in total. The zero-order chi connectivity index (χ0) is 12.7. The SMILES string of the molecule is CCOP(=O)([O-])CCP(=O)(OCC)OCC.[Li+]. The van der Waals surface area contributed by atoms with Crippen molar-refractivity contribution in [1.29, 1.82) is 0 Å². The molecule has 0 aliphatic heterocycles. The van der Waals surface area contributed by atoms with Crippen molar-refractivity contribution in [2.24, 2.45) is 0 Å². The Hall–Kier alpha value is 0.897. The zero-order valence-electron chi connectivity index (χ0n) is 10.9. The molecule has 0 bridgehead atoms. The van der Waals surface area contributed by atoms with Crippen molar-refractivity contribution in [3.63, 3.8) is 0 Å². The molecule has 9 heteroatoms. The van der Waals surface area contributed by atoms with Crippen molar-refractivity contribution >= 4 is 15.2 Å². The molecule has 17 heavy (non-hydrogen) atoms. The van der Waals surface area contributed by atoms with Gasteiger partial charge in [-0.3, -0.25) is 4.57 Å². The van der Waals surface area contributed by atoms with Gasteiger partial charge < -0.3 is 23.0 Å². The average molecular weight is 280 g/mol. The summed E-state index contributed by atoms with van der Waals surface area (Å²) in [5.41, 5.74) is 0. The van der Waals surface area contributed by atoms with Gasteiger partial charge in [-0.1, -0.05) is 0 Å². The molecule has 0 aliphatic carbocycles. The topological polar surface area (TPSA) is 84.9 Å². The molecule has 1 unspecified atom stereocenters. The van der Waals surface area contributed by atoms with Gasteiger partial charge in [0.1, 0.15) is 7.60 Å². The Bertz CT molecular complexity index is 275. The molecule has 0 fully saturated rings. The van der Waals surface area contributed by atoms with Gasteiger partial charge in [0.05, 0.1) is 26.0 Å². The van der Waals surface area contributed by atoms with Crippen LogP contribution in [0.3, 0.4) is 0 Å². The van der Waals surface area contributed by atoms with E-state index in [9.17, 15) is 14.0 Å². The first kappa shape index (κ1) is 20.2. The summed E-state index contributed by atoms with van der Waals surface area (Å²) in [6.45, 7) is 5.43. The largest absolute Gasteiger partial charge is 1.00 e. The summed E-state index contributed by atoms with van der Waals surface area (Å²) in [5.74, 6) is 0. The molecule has 0 aromatic rings. The van der Waals surface area contributed by atoms with Crippen LogP contribution in [0.1, 0.15) is 20.8 Å². The third-order valence-electron chi connectivity index (χ3n) is 1.63. The van der Waals surface area contributed by atoms with E-state index in [0.29, 0.717) is 0 Å². The first-order valence-corrected chi connectivity index (χ1v) is 8.67. The third-order valence-corrected chi connectivity index (χ3v) is 5.48. The van der Waals surface area contributed by atoms with Crippen LogP contribution in [0, 0.1) is 0 Å². The Labute approximate surface area is 115 Å². The quantitative estimate of drug-likeness (QED) is 0.391. The molecule has 0 spiro atoms. The molecule has 0 radical (unpaired) electrons. The summed E-state index contributed by atoms with van der Waals surface area (Å²) in [5, 5.41) is 0. The summed E-state index contributed by atoms with van der Waals surface area (Å²) in [7, 11) is -7.21. The van der Waals surface area contributed by atoms with Gasteiger partial charge in [0, 0.05) is 6.16 Å². The molecule has 0 N–H and O–H groups in total. The van der Waals surface area contributed by atoms with E-state index < -0.39 is 15.2 Å². The van der Waals surface area contributed by atoms with E-state index in [4.69, 9.17) is 9.05 Å². The Balaban J connectivity index is 0. The van der Waals surface area contributed by atoms with Gasteiger partial charge in [0.25, 0.3) is 0 Å². The van der Waals surface area contributed by atoms with Crippen LogP contribution in [0.5, 0.6) is 0 Å². The van der Waals surface area contributed by atoms with Gasteiger partial charge in [0.2, 0.25) is 0 Å². The number of hydrogen-bond acceptors (Lipinski definition) is 6. The maximum absolute atomic E-state index is 11.9. The Morgan fingerprint density at radius 3 is 1.65 bits per heavy atom. The summed E-state index contributed by atoms with van der Waals surface area (Å²) < 4.78 is 37.6. The first-order valence-electron chi connectivity index (χ1n) is 5.22. The van der Waals surface area contributed by atoms with E-state index in [1.54, 1.807) is 20.8 Å². The molecule has 98 valence electrons. The Morgan fingerprint density at radius 1 is 0.882 bits per heavy atom. The van der Waals surface area contributed by atoms with E-state index in [-0.39, 0.29) is 51.0 Å². The summed E-state index contributed by atoms with van der Waals surface area (Å²) in [6.07, 6.45) is -0.506. The van der Waals surface area contributed by atoms with Gasteiger partial charge in [-0.05, 0) is 20.8 Å². The predicted octanol–water partition coefficient (Wildman–Crippen LogP) is -1.15. The van der Waals surface area contributed by atoms with Crippen LogP contribution >= 0.6 is 15.2 Å². The van der Waals surface area contributed by atoms with Crippen molar-refractivity contribution < 1.29 is 46.5 Å². The molecule has 0 aliphatic rings. The fourth-order valence-electron chi connectivity index (χ4n) is 1.07. The van der Waals surface area contributed by atoms with Gasteiger partial charge in [-0.2, -0.15) is 0 Å². The van der Waals surface area contributed by atoms with Crippen LogP contribution in [0.2, 0.25) is 0 Å². The van der Waals surface area contributed by atoms with E-state index in [1.165, 1.54) is 0 Å². The smallest absolute Gasteiger partial charge is 0.778 e. The maximum Gasteiger partial charge on any atom is 1.00 e. The normalized spacial score (nSPS) is 15.1. The summed E-state index contributed by atoms with van der Waals surface area (Å²) in [4.78, 5) is 11.3. The minimum atomic E-state index is -3.92. The van der Waals surface area contributed by atoms with Crippen molar-refractivity contribution in [2.45, 2.75) is 20.8 Å². The Kier molecular flexibility index (Phi) is 11.6. The van der Waals surface area contributed by atoms with Crippen LogP contribution in [-0.4, -0.2) is 32.1 Å². The van der Waals surface area contributed by atoms with E-state index in [1.807, 2.05) is 0 Å². The zero-order valence-corrected chi connectivity index (χ0v) is 12.7. The van der Waals surface area contributed by atoms with Crippen molar-refractivity contribution in [2.75, 3.05) is 32.1 Å². The van der Waals surface area contributed by atoms with Gasteiger partial charge in [-0.25, -0.2) is 0 Å². The van der Waals surface area contributed by atoms with Crippen LogP contribution in [0.4, 0.5) is 0 Å². The van der Waals surface area contributed by atoms with Gasteiger partial charge >= 0.3 is 26.5 Å². The fraction of sp³-hybridized carbons (Fsp3) is 1.00. The average Bonchev–Trinajstić information content (AvgIpc) is 2.16. The molecule has 0 saturated carbocycles. The molecule has 0 rings (SSSR count). The summed E-state index contributed by atoms with van der Waals surface area (Å²) in [6, 6.07) is 0.